The summed E-state index contributed by atoms with van der Waals surface area (Å²) in [6.07, 6.45) is 0. The minimum absolute atomic E-state index is 0.0170. The van der Waals surface area contributed by atoms with Gasteiger partial charge in [0, 0.05) is 73.3 Å². The molecule has 186 valence electrons. The number of para-hydroxylation sites is 1. The molecule has 2 fully saturated rings. The van der Waals surface area contributed by atoms with Gasteiger partial charge in [-0.25, -0.2) is 0 Å². The number of ether oxygens (including phenoxy) is 1. The molecule has 8 heteroatoms. The first-order valence-electron chi connectivity index (χ1n) is 12.7. The van der Waals surface area contributed by atoms with Crippen molar-refractivity contribution in [3.8, 4) is 0 Å². The van der Waals surface area contributed by atoms with Crippen LogP contribution in [-0.2, 0) is 20.9 Å². The number of hydrogen-bond donors (Lipinski definition) is 1. The van der Waals surface area contributed by atoms with E-state index in [9.17, 15) is 9.59 Å². The lowest BCUT2D eigenvalue weighted by molar-refractivity contribution is -0.135. The molecule has 35 heavy (non-hydrogen) atoms. The summed E-state index contributed by atoms with van der Waals surface area (Å²) in [7, 11) is 0. The zero-order valence-corrected chi connectivity index (χ0v) is 20.7. The Balaban J connectivity index is 1.20. The van der Waals surface area contributed by atoms with Crippen molar-refractivity contribution in [1.29, 1.82) is 0 Å². The van der Waals surface area contributed by atoms with Gasteiger partial charge < -0.3 is 19.5 Å². The van der Waals surface area contributed by atoms with Crippen molar-refractivity contribution in [3.05, 3.63) is 42.5 Å². The standard InChI is InChI=1S/C27H35N5O3/c1-3-32-24-7-5-4-6-22(24)23-18-21(8-9-25(23)32)28-27(34)20(2)30-10-12-31(13-11-30)26(33)19-29-14-16-35-17-15-29/h4-9,18,20H,3,10-17,19H2,1-2H3,(H,28,34). The molecule has 2 amide bonds. The molecule has 3 aromatic rings. The molecule has 8 nitrogen and oxygen atoms in total. The van der Waals surface area contributed by atoms with Crippen molar-refractivity contribution in [2.45, 2.75) is 26.4 Å². The van der Waals surface area contributed by atoms with Gasteiger partial charge in [-0.05, 0) is 38.1 Å². The Labute approximate surface area is 206 Å². The molecule has 1 atom stereocenters. The first-order chi connectivity index (χ1) is 17.0. The average molecular weight is 478 g/mol. The molecule has 3 heterocycles. The third-order valence-corrected chi connectivity index (χ3v) is 7.41. The second-order valence-corrected chi connectivity index (χ2v) is 9.46. The number of morpholine rings is 1. The van der Waals surface area contributed by atoms with Crippen LogP contribution in [0.15, 0.2) is 42.5 Å². The van der Waals surface area contributed by atoms with E-state index < -0.39 is 0 Å². The summed E-state index contributed by atoms with van der Waals surface area (Å²) in [5.41, 5.74) is 3.20. The summed E-state index contributed by atoms with van der Waals surface area (Å²) >= 11 is 0. The molecule has 0 radical (unpaired) electrons. The number of carbonyl (C=O) groups excluding carboxylic acids is 2. The van der Waals surface area contributed by atoms with E-state index in [2.05, 4.69) is 63.0 Å². The maximum absolute atomic E-state index is 13.1. The van der Waals surface area contributed by atoms with Crippen LogP contribution in [0.1, 0.15) is 13.8 Å². The van der Waals surface area contributed by atoms with Gasteiger partial charge in [0.05, 0.1) is 25.8 Å². The molecule has 0 bridgehead atoms. The van der Waals surface area contributed by atoms with E-state index in [1.54, 1.807) is 0 Å². The number of piperazine rings is 1. The molecule has 2 aliphatic rings. The molecule has 1 unspecified atom stereocenters. The van der Waals surface area contributed by atoms with E-state index in [-0.39, 0.29) is 17.9 Å². The number of amides is 2. The van der Waals surface area contributed by atoms with Gasteiger partial charge in [0.2, 0.25) is 11.8 Å². The maximum atomic E-state index is 13.1. The van der Waals surface area contributed by atoms with E-state index in [1.807, 2.05) is 17.9 Å². The van der Waals surface area contributed by atoms with Crippen molar-refractivity contribution in [2.24, 2.45) is 0 Å². The highest BCUT2D eigenvalue weighted by Crippen LogP contribution is 2.31. The van der Waals surface area contributed by atoms with Crippen molar-refractivity contribution in [2.75, 3.05) is 64.3 Å². The lowest BCUT2D eigenvalue weighted by Crippen LogP contribution is -2.55. The second kappa shape index (κ2) is 10.4. The van der Waals surface area contributed by atoms with E-state index in [4.69, 9.17) is 4.74 Å². The first-order valence-corrected chi connectivity index (χ1v) is 12.7. The maximum Gasteiger partial charge on any atom is 0.241 e. The van der Waals surface area contributed by atoms with E-state index in [0.717, 1.165) is 30.7 Å². The fourth-order valence-electron chi connectivity index (χ4n) is 5.29. The van der Waals surface area contributed by atoms with Crippen LogP contribution in [0.4, 0.5) is 5.69 Å². The lowest BCUT2D eigenvalue weighted by Gasteiger charge is -2.38. The fraction of sp³-hybridized carbons (Fsp3) is 0.481. The number of rotatable bonds is 6. The molecule has 5 rings (SSSR count). The van der Waals surface area contributed by atoms with Gasteiger partial charge in [-0.15, -0.1) is 0 Å². The number of nitrogens with zero attached hydrogens (tertiary/aromatic N) is 4. The number of benzene rings is 2. The van der Waals surface area contributed by atoms with Crippen LogP contribution in [0.5, 0.6) is 0 Å². The highest BCUT2D eigenvalue weighted by Gasteiger charge is 2.28. The number of fused-ring (bicyclic) bond motifs is 3. The quantitative estimate of drug-likeness (QED) is 0.591. The van der Waals surface area contributed by atoms with Gasteiger partial charge in [-0.2, -0.15) is 0 Å². The van der Waals surface area contributed by atoms with E-state index >= 15 is 0 Å². The largest absolute Gasteiger partial charge is 0.379 e. The summed E-state index contributed by atoms with van der Waals surface area (Å²) in [6.45, 7) is 11.2. The monoisotopic (exact) mass is 477 g/mol. The Morgan fingerprint density at radius 1 is 0.943 bits per heavy atom. The summed E-state index contributed by atoms with van der Waals surface area (Å²) < 4.78 is 7.67. The van der Waals surface area contributed by atoms with Gasteiger partial charge >= 0.3 is 0 Å². The molecule has 2 saturated heterocycles. The predicted octanol–water partition coefficient (Wildman–Crippen LogP) is 2.62. The smallest absolute Gasteiger partial charge is 0.241 e. The molecular formula is C27H35N5O3. The Kier molecular flexibility index (Phi) is 7.04. The zero-order chi connectivity index (χ0) is 24.4. The van der Waals surface area contributed by atoms with Crippen LogP contribution in [-0.4, -0.2) is 96.2 Å². The Morgan fingerprint density at radius 2 is 1.66 bits per heavy atom. The molecular weight excluding hydrogens is 442 g/mol. The third-order valence-electron chi connectivity index (χ3n) is 7.41. The van der Waals surface area contributed by atoms with Crippen LogP contribution in [0.2, 0.25) is 0 Å². The van der Waals surface area contributed by atoms with E-state index in [1.165, 1.54) is 16.4 Å². The minimum atomic E-state index is -0.265. The van der Waals surface area contributed by atoms with Gasteiger partial charge in [-0.3, -0.25) is 19.4 Å². The molecule has 2 aromatic carbocycles. The highest BCUT2D eigenvalue weighted by molar-refractivity contribution is 6.10. The van der Waals surface area contributed by atoms with Crippen LogP contribution >= 0.6 is 0 Å². The van der Waals surface area contributed by atoms with Crippen LogP contribution in [0.3, 0.4) is 0 Å². The Hall–Kier alpha value is -2.94. The van der Waals surface area contributed by atoms with Crippen LogP contribution in [0, 0.1) is 0 Å². The molecule has 1 N–H and O–H groups in total. The topological polar surface area (TPSA) is 70.1 Å². The Bertz CT molecular complexity index is 1210. The zero-order valence-electron chi connectivity index (χ0n) is 20.7. The fourth-order valence-corrected chi connectivity index (χ4v) is 5.29. The molecule has 0 saturated carbocycles. The van der Waals surface area contributed by atoms with Gasteiger partial charge in [0.25, 0.3) is 0 Å². The van der Waals surface area contributed by atoms with Gasteiger partial charge in [0.1, 0.15) is 0 Å². The van der Waals surface area contributed by atoms with Crippen molar-refractivity contribution < 1.29 is 14.3 Å². The summed E-state index contributed by atoms with van der Waals surface area (Å²) in [4.78, 5) is 32.0. The highest BCUT2D eigenvalue weighted by atomic mass is 16.5. The SMILES string of the molecule is CCn1c2ccccc2c2cc(NC(=O)C(C)N3CCN(C(=O)CN4CCOCC4)CC3)ccc21. The summed E-state index contributed by atoms with van der Waals surface area (Å²) in [5, 5.41) is 5.48. The number of hydrogen-bond acceptors (Lipinski definition) is 5. The van der Waals surface area contributed by atoms with Crippen LogP contribution < -0.4 is 5.32 Å². The number of nitrogens with one attached hydrogen (secondary N) is 1. The van der Waals surface area contributed by atoms with Gasteiger partial charge in [0.15, 0.2) is 0 Å². The minimum Gasteiger partial charge on any atom is -0.379 e. The average Bonchev–Trinajstić information content (AvgIpc) is 3.22. The number of carbonyl (C=O) groups is 2. The normalized spacial score (nSPS) is 18.7. The number of aromatic nitrogens is 1. The molecule has 1 aromatic heterocycles. The van der Waals surface area contributed by atoms with Crippen LogP contribution in [0.25, 0.3) is 21.8 Å². The third kappa shape index (κ3) is 4.91. The Morgan fingerprint density at radius 3 is 2.40 bits per heavy atom. The molecule has 2 aliphatic heterocycles. The lowest BCUT2D eigenvalue weighted by atomic mass is 10.1. The number of aryl methyl sites for hydroxylation is 1. The predicted molar refractivity (Wildman–Crippen MR) is 139 cm³/mol. The van der Waals surface area contributed by atoms with Crippen molar-refractivity contribution in [3.63, 3.8) is 0 Å². The van der Waals surface area contributed by atoms with E-state index in [0.29, 0.717) is 45.9 Å². The number of anilines is 1. The van der Waals surface area contributed by atoms with Gasteiger partial charge in [-0.1, -0.05) is 18.2 Å². The second-order valence-electron chi connectivity index (χ2n) is 9.46. The first kappa shape index (κ1) is 23.8. The summed E-state index contributed by atoms with van der Waals surface area (Å²) in [5.74, 6) is 0.153. The van der Waals surface area contributed by atoms with Crippen molar-refractivity contribution in [1.82, 2.24) is 19.3 Å². The molecule has 0 aliphatic carbocycles. The summed E-state index contributed by atoms with van der Waals surface area (Å²) in [6, 6.07) is 14.3. The molecule has 0 spiro atoms. The van der Waals surface area contributed by atoms with Crippen molar-refractivity contribution >= 4 is 39.3 Å².